The highest BCUT2D eigenvalue weighted by molar-refractivity contribution is 8.00. The van der Waals surface area contributed by atoms with Gasteiger partial charge in [-0.05, 0) is 85.5 Å². The lowest BCUT2D eigenvalue weighted by Crippen LogP contribution is -2.30. The van der Waals surface area contributed by atoms with Crippen LogP contribution in [0.15, 0.2) is 108 Å². The number of carbonyl (C=O) groups is 3. The molecule has 0 atom stereocenters. The third-order valence-electron chi connectivity index (χ3n) is 6.36. The number of aryl methyl sites for hydroxylation is 2. The van der Waals surface area contributed by atoms with Gasteiger partial charge in [0, 0.05) is 21.8 Å². The highest BCUT2D eigenvalue weighted by Gasteiger charge is 2.16. The molecule has 3 amide bonds. The second-order valence-electron chi connectivity index (χ2n) is 9.30. The lowest BCUT2D eigenvalue weighted by Gasteiger charge is -2.13. The van der Waals surface area contributed by atoms with E-state index in [4.69, 9.17) is 0 Å². The minimum Gasteiger partial charge on any atom is -0.325 e. The Kier molecular flexibility index (Phi) is 9.54. The largest absolute Gasteiger partial charge is 0.325 e. The number of rotatable bonds is 9. The molecule has 0 aliphatic carbocycles. The molecule has 4 rings (SSSR count). The van der Waals surface area contributed by atoms with Crippen LogP contribution in [0, 0.1) is 20.8 Å². The van der Waals surface area contributed by atoms with E-state index >= 15 is 0 Å². The van der Waals surface area contributed by atoms with Crippen LogP contribution in [0.1, 0.15) is 32.6 Å². The van der Waals surface area contributed by atoms with Crippen LogP contribution in [0.2, 0.25) is 0 Å². The van der Waals surface area contributed by atoms with Gasteiger partial charge in [0.15, 0.2) is 0 Å². The maximum absolute atomic E-state index is 13.4. The Hall–Kier alpha value is -4.62. The van der Waals surface area contributed by atoms with Gasteiger partial charge in [-0.3, -0.25) is 14.4 Å². The quantitative estimate of drug-likeness (QED) is 0.159. The highest BCUT2D eigenvalue weighted by atomic mass is 32.2. The minimum absolute atomic E-state index is 0.111. The summed E-state index contributed by atoms with van der Waals surface area (Å²) >= 11 is 1.37. The molecule has 6 nitrogen and oxygen atoms in total. The molecule has 0 aliphatic rings. The number of nitrogens with one attached hydrogen (secondary N) is 3. The number of thioether (sulfide) groups is 1. The maximum atomic E-state index is 13.4. The Morgan fingerprint density at radius 3 is 2.23 bits per heavy atom. The van der Waals surface area contributed by atoms with Gasteiger partial charge in [0.1, 0.15) is 5.70 Å². The second kappa shape index (κ2) is 13.4. The first-order chi connectivity index (χ1) is 19.3. The van der Waals surface area contributed by atoms with Crippen molar-refractivity contribution in [3.8, 4) is 0 Å². The van der Waals surface area contributed by atoms with Gasteiger partial charge in [-0.25, -0.2) is 0 Å². The van der Waals surface area contributed by atoms with Gasteiger partial charge in [-0.15, -0.1) is 11.8 Å². The van der Waals surface area contributed by atoms with E-state index in [1.165, 1.54) is 11.8 Å². The van der Waals surface area contributed by atoms with E-state index in [0.717, 1.165) is 32.8 Å². The zero-order chi connectivity index (χ0) is 28.5. The average molecular weight is 550 g/mol. The first-order valence-corrected chi connectivity index (χ1v) is 13.8. The number of amides is 3. The fourth-order valence-electron chi connectivity index (χ4n) is 3.93. The summed E-state index contributed by atoms with van der Waals surface area (Å²) in [4.78, 5) is 39.7. The summed E-state index contributed by atoms with van der Waals surface area (Å²) in [5.41, 5.74) is 5.87. The third kappa shape index (κ3) is 7.71. The summed E-state index contributed by atoms with van der Waals surface area (Å²) in [5.74, 6) is -0.728. The number of carbonyl (C=O) groups excluding carboxylic acids is 3. The van der Waals surface area contributed by atoms with Crippen LogP contribution in [0.4, 0.5) is 11.4 Å². The molecule has 202 valence electrons. The molecular weight excluding hydrogens is 518 g/mol. The van der Waals surface area contributed by atoms with E-state index in [2.05, 4.69) is 16.0 Å². The lowest BCUT2D eigenvalue weighted by molar-refractivity contribution is -0.114. The fraction of sp³-hybridized carbons (Fsp3) is 0.121. The van der Waals surface area contributed by atoms with E-state index < -0.39 is 5.91 Å². The summed E-state index contributed by atoms with van der Waals surface area (Å²) in [6.45, 7) is 5.93. The molecule has 0 aliphatic heterocycles. The van der Waals surface area contributed by atoms with Crippen molar-refractivity contribution in [2.75, 3.05) is 16.4 Å². The third-order valence-corrected chi connectivity index (χ3v) is 7.35. The normalized spacial score (nSPS) is 11.0. The number of hydrogen-bond donors (Lipinski definition) is 3. The first kappa shape index (κ1) is 28.4. The van der Waals surface area contributed by atoms with Crippen LogP contribution in [0.5, 0.6) is 0 Å². The molecule has 0 saturated carbocycles. The van der Waals surface area contributed by atoms with Gasteiger partial charge in [-0.2, -0.15) is 0 Å². The molecule has 7 heteroatoms. The van der Waals surface area contributed by atoms with Crippen LogP contribution in [0.3, 0.4) is 0 Å². The van der Waals surface area contributed by atoms with Crippen LogP contribution >= 0.6 is 11.8 Å². The highest BCUT2D eigenvalue weighted by Crippen LogP contribution is 2.24. The summed E-state index contributed by atoms with van der Waals surface area (Å²) in [6, 6.07) is 29.4. The van der Waals surface area contributed by atoms with Crippen LogP contribution in [-0.4, -0.2) is 23.5 Å². The van der Waals surface area contributed by atoms with Crippen LogP contribution < -0.4 is 16.0 Å². The van der Waals surface area contributed by atoms with Gasteiger partial charge in [-0.1, -0.05) is 60.7 Å². The molecule has 4 aromatic carbocycles. The van der Waals surface area contributed by atoms with E-state index in [9.17, 15) is 14.4 Å². The van der Waals surface area contributed by atoms with E-state index in [1.54, 1.807) is 42.5 Å². The molecule has 0 radical (unpaired) electrons. The predicted molar refractivity (Wildman–Crippen MR) is 163 cm³/mol. The predicted octanol–water partition coefficient (Wildman–Crippen LogP) is 6.75. The molecule has 4 aromatic rings. The summed E-state index contributed by atoms with van der Waals surface area (Å²) in [5, 5.41) is 8.62. The fourth-order valence-corrected chi connectivity index (χ4v) is 4.69. The Morgan fingerprint density at radius 2 is 1.45 bits per heavy atom. The van der Waals surface area contributed by atoms with E-state index in [0.29, 0.717) is 11.3 Å². The zero-order valence-corrected chi connectivity index (χ0v) is 23.5. The molecule has 0 unspecified atom stereocenters. The van der Waals surface area contributed by atoms with Crippen molar-refractivity contribution in [2.24, 2.45) is 0 Å². The molecule has 0 saturated heterocycles. The van der Waals surface area contributed by atoms with Crippen LogP contribution in [0.25, 0.3) is 6.08 Å². The average Bonchev–Trinajstić information content (AvgIpc) is 2.96. The zero-order valence-electron chi connectivity index (χ0n) is 22.7. The maximum Gasteiger partial charge on any atom is 0.272 e. The lowest BCUT2D eigenvalue weighted by atomic mass is 10.1. The van der Waals surface area contributed by atoms with Crippen molar-refractivity contribution >= 4 is 46.9 Å². The molecule has 0 bridgehead atoms. The smallest absolute Gasteiger partial charge is 0.272 e. The summed E-state index contributed by atoms with van der Waals surface area (Å²) < 4.78 is 0. The van der Waals surface area contributed by atoms with Crippen molar-refractivity contribution in [1.82, 2.24) is 5.32 Å². The molecule has 0 heterocycles. The van der Waals surface area contributed by atoms with Gasteiger partial charge >= 0.3 is 0 Å². The molecule has 3 N–H and O–H groups in total. The van der Waals surface area contributed by atoms with Gasteiger partial charge < -0.3 is 16.0 Å². The molecule has 0 aromatic heterocycles. The monoisotopic (exact) mass is 549 g/mol. The number of benzene rings is 4. The minimum atomic E-state index is -0.456. The van der Waals surface area contributed by atoms with Crippen molar-refractivity contribution in [1.29, 1.82) is 0 Å². The molecule has 40 heavy (non-hydrogen) atoms. The van der Waals surface area contributed by atoms with E-state index in [-0.39, 0.29) is 23.3 Å². The molecule has 0 spiro atoms. The van der Waals surface area contributed by atoms with Crippen molar-refractivity contribution in [2.45, 2.75) is 25.7 Å². The van der Waals surface area contributed by atoms with Crippen molar-refractivity contribution in [3.05, 3.63) is 131 Å². The van der Waals surface area contributed by atoms with Gasteiger partial charge in [0.25, 0.3) is 11.8 Å². The van der Waals surface area contributed by atoms with Gasteiger partial charge in [0.05, 0.1) is 5.75 Å². The topological polar surface area (TPSA) is 87.3 Å². The number of hydrogen-bond acceptors (Lipinski definition) is 4. The Balaban J connectivity index is 1.46. The molecular formula is C33H31N3O3S. The van der Waals surface area contributed by atoms with Crippen molar-refractivity contribution in [3.63, 3.8) is 0 Å². The van der Waals surface area contributed by atoms with Gasteiger partial charge in [0.2, 0.25) is 5.91 Å². The Bertz CT molecular complexity index is 1560. The summed E-state index contributed by atoms with van der Waals surface area (Å²) in [6.07, 6.45) is 1.67. The first-order valence-electron chi connectivity index (χ1n) is 12.8. The standard InChI is InChI=1S/C33H31N3O3S/c1-22-12-9-18-29(24(22)3)35-31(37)21-40-28-17-10-16-27(20-28)34-33(39)30(19-26-15-8-7-11-23(26)2)36-32(38)25-13-5-4-6-14-25/h4-20H,21H2,1-3H3,(H,34,39)(H,35,37)(H,36,38)/b30-19-. The molecule has 0 fully saturated rings. The van der Waals surface area contributed by atoms with Crippen molar-refractivity contribution < 1.29 is 14.4 Å². The Labute approximate surface area is 238 Å². The van der Waals surface area contributed by atoms with E-state index in [1.807, 2.05) is 81.4 Å². The summed E-state index contributed by atoms with van der Waals surface area (Å²) in [7, 11) is 0. The SMILES string of the molecule is Cc1ccccc1/C=C(\NC(=O)c1ccccc1)C(=O)Nc1cccc(SCC(=O)Nc2cccc(C)c2C)c1. The van der Waals surface area contributed by atoms with Crippen LogP contribution in [-0.2, 0) is 9.59 Å². The number of anilines is 2. The Morgan fingerprint density at radius 1 is 0.750 bits per heavy atom. The second-order valence-corrected chi connectivity index (χ2v) is 10.3.